The first kappa shape index (κ1) is 17.1. The summed E-state index contributed by atoms with van der Waals surface area (Å²) in [4.78, 5) is 22.9. The Labute approximate surface area is 163 Å². The van der Waals surface area contributed by atoms with Gasteiger partial charge in [0.25, 0.3) is 0 Å². The molecule has 2 aromatic rings. The number of aromatic amines is 1. The van der Waals surface area contributed by atoms with Crippen LogP contribution in [0.1, 0.15) is 56.9 Å². The fourth-order valence-electron chi connectivity index (χ4n) is 6.05. The Hall–Kier alpha value is -2.06. The average molecular weight is 383 g/mol. The summed E-state index contributed by atoms with van der Waals surface area (Å²) >= 11 is 6.11. The SMILES string of the molecule is CC(CC(=O)N1C2CC3CC1CC(C#N)(C3)C2)c1c[nH]c2ncc(Cl)cc12. The van der Waals surface area contributed by atoms with Crippen LogP contribution in [0.15, 0.2) is 18.5 Å². The minimum Gasteiger partial charge on any atom is -0.346 e. The van der Waals surface area contributed by atoms with E-state index in [4.69, 9.17) is 11.6 Å². The van der Waals surface area contributed by atoms with Crippen LogP contribution in [-0.4, -0.2) is 32.9 Å². The summed E-state index contributed by atoms with van der Waals surface area (Å²) < 4.78 is 0. The minimum atomic E-state index is -0.168. The molecule has 3 unspecified atom stereocenters. The van der Waals surface area contributed by atoms with E-state index in [1.807, 2.05) is 12.3 Å². The summed E-state index contributed by atoms with van der Waals surface area (Å²) in [6.07, 6.45) is 8.98. The number of aromatic nitrogens is 2. The first-order valence-corrected chi connectivity index (χ1v) is 10.2. The molecule has 1 N–H and O–H groups in total. The molecule has 27 heavy (non-hydrogen) atoms. The zero-order valence-corrected chi connectivity index (χ0v) is 16.2. The average Bonchev–Trinajstić information content (AvgIpc) is 3.04. The Morgan fingerprint density at radius 1 is 1.44 bits per heavy atom. The van der Waals surface area contributed by atoms with Gasteiger partial charge in [0.15, 0.2) is 0 Å². The van der Waals surface area contributed by atoms with E-state index in [1.165, 1.54) is 0 Å². The van der Waals surface area contributed by atoms with Gasteiger partial charge in [0.05, 0.1) is 16.5 Å². The number of pyridine rings is 1. The van der Waals surface area contributed by atoms with E-state index < -0.39 is 0 Å². The maximum atomic E-state index is 13.2. The maximum Gasteiger partial charge on any atom is 0.223 e. The predicted molar refractivity (Wildman–Crippen MR) is 103 cm³/mol. The number of carbonyl (C=O) groups excluding carboxylic acids is 1. The van der Waals surface area contributed by atoms with Gasteiger partial charge in [-0.2, -0.15) is 5.26 Å². The minimum absolute atomic E-state index is 0.0913. The van der Waals surface area contributed by atoms with E-state index in [0.717, 1.165) is 48.7 Å². The zero-order chi connectivity index (χ0) is 18.8. The fraction of sp³-hybridized carbons (Fsp3) is 0.571. The van der Waals surface area contributed by atoms with Crippen molar-refractivity contribution in [1.82, 2.24) is 14.9 Å². The number of nitriles is 1. The lowest BCUT2D eigenvalue weighted by Crippen LogP contribution is -2.63. The highest BCUT2D eigenvalue weighted by molar-refractivity contribution is 6.31. The molecule has 4 aliphatic rings. The monoisotopic (exact) mass is 382 g/mol. The summed E-state index contributed by atoms with van der Waals surface area (Å²) in [7, 11) is 0. The number of nitrogens with one attached hydrogen (secondary N) is 1. The van der Waals surface area contributed by atoms with Crippen molar-refractivity contribution in [2.24, 2.45) is 11.3 Å². The number of rotatable bonds is 3. The van der Waals surface area contributed by atoms with Crippen molar-refractivity contribution in [2.45, 2.75) is 63.5 Å². The normalized spacial score (nSPS) is 32.6. The number of carbonyl (C=O) groups is 1. The molecule has 6 rings (SSSR count). The summed E-state index contributed by atoms with van der Waals surface area (Å²) in [6, 6.07) is 5.03. The van der Waals surface area contributed by atoms with Crippen LogP contribution < -0.4 is 0 Å². The van der Waals surface area contributed by atoms with Crippen LogP contribution in [0.2, 0.25) is 5.02 Å². The molecule has 4 bridgehead atoms. The quantitative estimate of drug-likeness (QED) is 0.855. The molecule has 2 aliphatic heterocycles. The Kier molecular flexibility index (Phi) is 3.77. The van der Waals surface area contributed by atoms with Crippen molar-refractivity contribution >= 4 is 28.5 Å². The Morgan fingerprint density at radius 2 is 2.19 bits per heavy atom. The van der Waals surface area contributed by atoms with Gasteiger partial charge in [-0.3, -0.25) is 4.79 Å². The van der Waals surface area contributed by atoms with Crippen molar-refractivity contribution in [3.63, 3.8) is 0 Å². The van der Waals surface area contributed by atoms with Gasteiger partial charge in [-0.05, 0) is 55.6 Å². The molecular formula is C21H23ClN4O. The molecule has 4 fully saturated rings. The van der Waals surface area contributed by atoms with Crippen molar-refractivity contribution in [3.8, 4) is 6.07 Å². The Bertz CT molecular complexity index is 945. The van der Waals surface area contributed by atoms with Crippen LogP contribution in [0.3, 0.4) is 0 Å². The molecule has 1 amide bonds. The number of piperidine rings is 2. The third-order valence-corrected chi connectivity index (χ3v) is 7.20. The van der Waals surface area contributed by atoms with Gasteiger partial charge in [0.2, 0.25) is 5.91 Å². The third-order valence-electron chi connectivity index (χ3n) is 7.00. The zero-order valence-electron chi connectivity index (χ0n) is 15.4. The molecule has 2 aliphatic carbocycles. The molecule has 2 saturated heterocycles. The largest absolute Gasteiger partial charge is 0.346 e. The molecule has 2 aromatic heterocycles. The number of fused-ring (bicyclic) bond motifs is 1. The smallest absolute Gasteiger partial charge is 0.223 e. The van der Waals surface area contributed by atoms with Crippen LogP contribution in [0.4, 0.5) is 0 Å². The number of H-pyrrole nitrogens is 1. The number of halogens is 1. The predicted octanol–water partition coefficient (Wildman–Crippen LogP) is 4.39. The summed E-state index contributed by atoms with van der Waals surface area (Å²) in [5, 5.41) is 11.3. The molecule has 6 heteroatoms. The third kappa shape index (κ3) is 2.65. The van der Waals surface area contributed by atoms with E-state index >= 15 is 0 Å². The van der Waals surface area contributed by atoms with Gasteiger partial charge in [0.1, 0.15) is 5.65 Å². The van der Waals surface area contributed by atoms with Crippen molar-refractivity contribution in [2.75, 3.05) is 0 Å². The number of nitrogens with zero attached hydrogens (tertiary/aromatic N) is 3. The second kappa shape index (κ2) is 5.97. The number of amides is 1. The lowest BCUT2D eigenvalue weighted by atomic mass is 9.56. The van der Waals surface area contributed by atoms with Gasteiger partial charge in [0, 0.05) is 36.3 Å². The lowest BCUT2D eigenvalue weighted by Gasteiger charge is -2.59. The van der Waals surface area contributed by atoms with Crippen LogP contribution in [0.5, 0.6) is 0 Å². The molecule has 140 valence electrons. The molecule has 0 radical (unpaired) electrons. The molecule has 4 heterocycles. The van der Waals surface area contributed by atoms with Crippen LogP contribution >= 0.6 is 11.6 Å². The fourth-order valence-corrected chi connectivity index (χ4v) is 6.21. The topological polar surface area (TPSA) is 72.8 Å². The Balaban J connectivity index is 1.36. The highest BCUT2D eigenvalue weighted by atomic mass is 35.5. The van der Waals surface area contributed by atoms with E-state index in [2.05, 4.69) is 27.9 Å². The van der Waals surface area contributed by atoms with E-state index in [1.54, 1.807) is 6.20 Å². The molecule has 5 nitrogen and oxygen atoms in total. The van der Waals surface area contributed by atoms with Crippen LogP contribution in [0, 0.1) is 22.7 Å². The number of hydrogen-bond donors (Lipinski definition) is 1. The van der Waals surface area contributed by atoms with E-state index in [-0.39, 0.29) is 29.3 Å². The maximum absolute atomic E-state index is 13.2. The summed E-state index contributed by atoms with van der Waals surface area (Å²) in [5.74, 6) is 0.952. The van der Waals surface area contributed by atoms with Crippen molar-refractivity contribution in [3.05, 3.63) is 29.0 Å². The van der Waals surface area contributed by atoms with E-state index in [0.29, 0.717) is 17.4 Å². The number of hydrogen-bond acceptors (Lipinski definition) is 3. The molecule has 3 atom stereocenters. The summed E-state index contributed by atoms with van der Waals surface area (Å²) in [6.45, 7) is 2.09. The molecule has 0 aromatic carbocycles. The molecule has 0 spiro atoms. The van der Waals surface area contributed by atoms with Gasteiger partial charge < -0.3 is 9.88 Å². The summed E-state index contributed by atoms with van der Waals surface area (Å²) in [5.41, 5.74) is 1.73. The van der Waals surface area contributed by atoms with Gasteiger partial charge in [-0.1, -0.05) is 18.5 Å². The van der Waals surface area contributed by atoms with Crippen molar-refractivity contribution < 1.29 is 4.79 Å². The van der Waals surface area contributed by atoms with Crippen LogP contribution in [0.25, 0.3) is 11.0 Å². The lowest BCUT2D eigenvalue weighted by molar-refractivity contribution is -0.153. The molecular weight excluding hydrogens is 360 g/mol. The van der Waals surface area contributed by atoms with E-state index in [9.17, 15) is 10.1 Å². The first-order chi connectivity index (χ1) is 13.0. The standard InChI is InChI=1S/C21H23ClN4O/c1-12(18-10-25-20-17(18)5-14(22)9-24-20)2-19(27)26-15-3-13-4-16(26)8-21(6-13,7-15)11-23/h5,9-10,12-13,15-16H,2-4,6-8H2,1H3,(H,24,25). The highest BCUT2D eigenvalue weighted by Crippen LogP contribution is 2.56. The first-order valence-electron chi connectivity index (χ1n) is 9.83. The second-order valence-electron chi connectivity index (χ2n) is 8.85. The van der Waals surface area contributed by atoms with Gasteiger partial charge >= 0.3 is 0 Å². The second-order valence-corrected chi connectivity index (χ2v) is 9.29. The van der Waals surface area contributed by atoms with Crippen LogP contribution in [-0.2, 0) is 4.79 Å². The van der Waals surface area contributed by atoms with Gasteiger partial charge in [-0.25, -0.2) is 4.98 Å². The van der Waals surface area contributed by atoms with Gasteiger partial charge in [-0.15, -0.1) is 0 Å². The highest BCUT2D eigenvalue weighted by Gasteiger charge is 2.55. The van der Waals surface area contributed by atoms with Crippen molar-refractivity contribution in [1.29, 1.82) is 5.26 Å². The molecule has 2 saturated carbocycles. The Morgan fingerprint density at radius 3 is 2.89 bits per heavy atom.